The number of rotatable bonds is 7. The molecule has 0 aromatic heterocycles. The van der Waals surface area contributed by atoms with Crippen molar-refractivity contribution in [3.8, 4) is 0 Å². The third-order valence-electron chi connectivity index (χ3n) is 5.67. The van der Waals surface area contributed by atoms with Crippen LogP contribution >= 0.6 is 0 Å². The number of carbonyl (C=O) groups excluding carboxylic acids is 3. The molecule has 3 amide bonds. The molecule has 3 N–H and O–H groups in total. The number of amides is 3. The monoisotopic (exact) mass is 380 g/mol. The maximum absolute atomic E-state index is 13.3. The van der Waals surface area contributed by atoms with E-state index in [0.29, 0.717) is 32.0 Å². The summed E-state index contributed by atoms with van der Waals surface area (Å²) in [6.07, 6.45) is 2.77. The highest BCUT2D eigenvalue weighted by molar-refractivity contribution is 5.90. The van der Waals surface area contributed by atoms with Gasteiger partial charge in [0, 0.05) is 32.6 Å². The Balaban J connectivity index is 2.05. The van der Waals surface area contributed by atoms with E-state index in [9.17, 15) is 14.4 Å². The molecule has 0 aromatic carbocycles. The number of primary amides is 1. The molecule has 2 fully saturated rings. The van der Waals surface area contributed by atoms with Gasteiger partial charge in [0.25, 0.3) is 0 Å². The van der Waals surface area contributed by atoms with Crippen LogP contribution in [0.4, 0.5) is 0 Å². The molecule has 7 nitrogen and oxygen atoms in total. The lowest BCUT2D eigenvalue weighted by Gasteiger charge is -2.43. The van der Waals surface area contributed by atoms with Crippen molar-refractivity contribution < 1.29 is 14.4 Å². The highest BCUT2D eigenvalue weighted by Gasteiger charge is 2.40. The van der Waals surface area contributed by atoms with Gasteiger partial charge in [-0.15, -0.1) is 0 Å². The van der Waals surface area contributed by atoms with E-state index < -0.39 is 6.04 Å². The van der Waals surface area contributed by atoms with Gasteiger partial charge in [-0.05, 0) is 37.0 Å². The molecule has 0 saturated carbocycles. The second-order valence-corrected chi connectivity index (χ2v) is 8.80. The fraction of sp³-hybridized carbons (Fsp3) is 0.850. The van der Waals surface area contributed by atoms with Gasteiger partial charge >= 0.3 is 0 Å². The first kappa shape index (κ1) is 21.7. The predicted molar refractivity (Wildman–Crippen MR) is 105 cm³/mol. The number of nitrogens with two attached hydrogens (primary N) is 1. The van der Waals surface area contributed by atoms with Crippen molar-refractivity contribution >= 4 is 17.7 Å². The Labute approximate surface area is 163 Å². The topological polar surface area (TPSA) is 95.7 Å². The zero-order chi connectivity index (χ0) is 20.1. The van der Waals surface area contributed by atoms with Crippen molar-refractivity contribution in [1.29, 1.82) is 0 Å². The quantitative estimate of drug-likeness (QED) is 0.688. The van der Waals surface area contributed by atoms with Crippen LogP contribution in [-0.2, 0) is 14.4 Å². The van der Waals surface area contributed by atoms with E-state index in [0.717, 1.165) is 25.8 Å². The Kier molecular flexibility index (Phi) is 7.65. The zero-order valence-corrected chi connectivity index (χ0v) is 17.2. The lowest BCUT2D eigenvalue weighted by atomic mass is 9.91. The maximum Gasteiger partial charge on any atom is 0.245 e. The van der Waals surface area contributed by atoms with E-state index in [1.807, 2.05) is 18.7 Å². The molecule has 2 saturated heterocycles. The van der Waals surface area contributed by atoms with Crippen LogP contribution in [0, 0.1) is 17.8 Å². The van der Waals surface area contributed by atoms with Gasteiger partial charge in [0.15, 0.2) is 0 Å². The Morgan fingerprint density at radius 1 is 1.15 bits per heavy atom. The number of carbonyl (C=O) groups is 3. The van der Waals surface area contributed by atoms with Crippen LogP contribution in [0.25, 0.3) is 0 Å². The van der Waals surface area contributed by atoms with Gasteiger partial charge in [0.05, 0.1) is 6.04 Å². The minimum atomic E-state index is -0.415. The molecule has 2 aliphatic rings. The van der Waals surface area contributed by atoms with Gasteiger partial charge in [-0.2, -0.15) is 0 Å². The van der Waals surface area contributed by atoms with E-state index in [-0.39, 0.29) is 35.6 Å². The van der Waals surface area contributed by atoms with Crippen LogP contribution < -0.4 is 11.1 Å². The standard InChI is InChI=1S/C20H36N4O3/c1-13(2)11-16-19(26)24(10-7-22-16)18(14(3)4)20(27)23-8-5-15(6-9-23)12-17(21)25/h13-16,18,22H,5-12H2,1-4H3,(H2,21,25)/t16-,18?/m0/s1. The molecule has 2 aliphatic heterocycles. The summed E-state index contributed by atoms with van der Waals surface area (Å²) in [5.74, 6) is 0.556. The number of hydrogen-bond acceptors (Lipinski definition) is 4. The normalized spacial score (nSPS) is 23.2. The fourth-order valence-electron chi connectivity index (χ4n) is 4.30. The van der Waals surface area contributed by atoms with Gasteiger partial charge < -0.3 is 20.9 Å². The zero-order valence-electron chi connectivity index (χ0n) is 17.2. The van der Waals surface area contributed by atoms with Crippen LogP contribution in [0.5, 0.6) is 0 Å². The van der Waals surface area contributed by atoms with Crippen molar-refractivity contribution in [2.75, 3.05) is 26.2 Å². The Morgan fingerprint density at radius 3 is 2.30 bits per heavy atom. The molecule has 7 heteroatoms. The minimum absolute atomic E-state index is 0.0427. The first-order valence-corrected chi connectivity index (χ1v) is 10.3. The average Bonchev–Trinajstić information content (AvgIpc) is 2.57. The van der Waals surface area contributed by atoms with E-state index in [1.165, 1.54) is 0 Å². The van der Waals surface area contributed by atoms with Gasteiger partial charge in [-0.1, -0.05) is 27.7 Å². The van der Waals surface area contributed by atoms with E-state index in [1.54, 1.807) is 4.90 Å². The molecule has 0 radical (unpaired) electrons. The van der Waals surface area contributed by atoms with Gasteiger partial charge in [-0.3, -0.25) is 14.4 Å². The summed E-state index contributed by atoms with van der Waals surface area (Å²) >= 11 is 0. The third-order valence-corrected chi connectivity index (χ3v) is 5.67. The summed E-state index contributed by atoms with van der Waals surface area (Å²) in [4.78, 5) is 41.1. The second kappa shape index (κ2) is 9.53. The molecular weight excluding hydrogens is 344 g/mol. The van der Waals surface area contributed by atoms with E-state index >= 15 is 0 Å². The van der Waals surface area contributed by atoms with Crippen molar-refractivity contribution in [1.82, 2.24) is 15.1 Å². The number of likely N-dealkylation sites (tertiary alicyclic amines) is 1. The number of piperazine rings is 1. The van der Waals surface area contributed by atoms with Gasteiger partial charge in [0.1, 0.15) is 6.04 Å². The van der Waals surface area contributed by atoms with Crippen molar-refractivity contribution in [2.45, 2.75) is 65.5 Å². The molecule has 2 atom stereocenters. The predicted octanol–water partition coefficient (Wildman–Crippen LogP) is 0.972. The average molecular weight is 381 g/mol. The Bertz CT molecular complexity index is 541. The minimum Gasteiger partial charge on any atom is -0.370 e. The summed E-state index contributed by atoms with van der Waals surface area (Å²) in [7, 11) is 0. The molecule has 2 rings (SSSR count). The fourth-order valence-corrected chi connectivity index (χ4v) is 4.30. The molecule has 0 bridgehead atoms. The largest absolute Gasteiger partial charge is 0.370 e. The van der Waals surface area contributed by atoms with Crippen molar-refractivity contribution in [2.24, 2.45) is 23.5 Å². The summed E-state index contributed by atoms with van der Waals surface area (Å²) < 4.78 is 0. The van der Waals surface area contributed by atoms with Crippen LogP contribution in [0.1, 0.15) is 53.4 Å². The summed E-state index contributed by atoms with van der Waals surface area (Å²) in [6, 6.07) is -0.615. The number of nitrogens with one attached hydrogen (secondary N) is 1. The van der Waals surface area contributed by atoms with Crippen molar-refractivity contribution in [3.05, 3.63) is 0 Å². The number of piperidine rings is 1. The maximum atomic E-state index is 13.3. The summed E-state index contributed by atoms with van der Waals surface area (Å²) in [5.41, 5.74) is 5.30. The van der Waals surface area contributed by atoms with Crippen LogP contribution in [0.15, 0.2) is 0 Å². The van der Waals surface area contributed by atoms with E-state index in [2.05, 4.69) is 19.2 Å². The first-order chi connectivity index (χ1) is 12.7. The smallest absolute Gasteiger partial charge is 0.245 e. The highest BCUT2D eigenvalue weighted by Crippen LogP contribution is 2.24. The SMILES string of the molecule is CC(C)C[C@@H]1NCCN(C(C(=O)N2CCC(CC(N)=O)CC2)C(C)C)C1=O. The molecule has 0 aromatic rings. The van der Waals surface area contributed by atoms with Crippen LogP contribution in [0.2, 0.25) is 0 Å². The molecule has 0 aliphatic carbocycles. The molecule has 1 unspecified atom stereocenters. The Hall–Kier alpha value is -1.63. The van der Waals surface area contributed by atoms with E-state index in [4.69, 9.17) is 5.73 Å². The highest BCUT2D eigenvalue weighted by atomic mass is 16.2. The number of nitrogens with zero attached hydrogens (tertiary/aromatic N) is 2. The lowest BCUT2D eigenvalue weighted by Crippen LogP contribution is -2.63. The molecule has 0 spiro atoms. The van der Waals surface area contributed by atoms with Gasteiger partial charge in [0.2, 0.25) is 17.7 Å². The first-order valence-electron chi connectivity index (χ1n) is 10.3. The van der Waals surface area contributed by atoms with Crippen LogP contribution in [-0.4, -0.2) is 65.8 Å². The van der Waals surface area contributed by atoms with Crippen LogP contribution in [0.3, 0.4) is 0 Å². The number of hydrogen-bond donors (Lipinski definition) is 2. The molecule has 27 heavy (non-hydrogen) atoms. The molecule has 154 valence electrons. The third kappa shape index (κ3) is 5.67. The molecule has 2 heterocycles. The van der Waals surface area contributed by atoms with Gasteiger partial charge in [-0.25, -0.2) is 0 Å². The Morgan fingerprint density at radius 2 is 1.78 bits per heavy atom. The van der Waals surface area contributed by atoms with Crippen molar-refractivity contribution in [3.63, 3.8) is 0 Å². The molecular formula is C20H36N4O3. The lowest BCUT2D eigenvalue weighted by molar-refractivity contribution is -0.151. The summed E-state index contributed by atoms with van der Waals surface area (Å²) in [6.45, 7) is 10.8. The second-order valence-electron chi connectivity index (χ2n) is 8.80. The summed E-state index contributed by atoms with van der Waals surface area (Å²) in [5, 5.41) is 3.31.